The molecule has 0 saturated heterocycles. The van der Waals surface area contributed by atoms with Crippen LogP contribution in [-0.4, -0.2) is 23.8 Å². The first-order chi connectivity index (χ1) is 9.20. The summed E-state index contributed by atoms with van der Waals surface area (Å²) in [7, 11) is 0. The number of anilines is 1. The fourth-order valence-electron chi connectivity index (χ4n) is 1.53. The Balaban J connectivity index is 2.55. The Morgan fingerprint density at radius 3 is 2.15 bits per heavy atom. The van der Waals surface area contributed by atoms with Gasteiger partial charge in [-0.3, -0.25) is 0 Å². The number of hydrogen-bond acceptors (Lipinski definition) is 2. The predicted octanol–water partition coefficient (Wildman–Crippen LogP) is 3.81. The van der Waals surface area contributed by atoms with Gasteiger partial charge in [0.1, 0.15) is 17.3 Å². The van der Waals surface area contributed by atoms with Crippen LogP contribution in [0.2, 0.25) is 0 Å². The van der Waals surface area contributed by atoms with Crippen LogP contribution in [-0.2, 0) is 0 Å². The lowest BCUT2D eigenvalue weighted by molar-refractivity contribution is -0.135. The Morgan fingerprint density at radius 1 is 1.15 bits per heavy atom. The van der Waals surface area contributed by atoms with Crippen LogP contribution in [0, 0.1) is 11.6 Å². The first-order valence-electron chi connectivity index (χ1n) is 5.73. The fourth-order valence-corrected chi connectivity index (χ4v) is 1.53. The van der Waals surface area contributed by atoms with Gasteiger partial charge in [-0.15, -0.1) is 0 Å². The van der Waals surface area contributed by atoms with E-state index in [0.29, 0.717) is 12.1 Å². The maximum atomic E-state index is 13.4. The average Bonchev–Trinajstić information content (AvgIpc) is 2.29. The zero-order valence-corrected chi connectivity index (χ0v) is 10.2. The lowest BCUT2D eigenvalue weighted by atomic mass is 10.1. The molecule has 0 aliphatic heterocycles. The monoisotopic (exact) mass is 297 g/mol. The Hall–Kier alpha value is -1.86. The molecule has 0 saturated carbocycles. The van der Waals surface area contributed by atoms with Gasteiger partial charge in [-0.05, 0) is 25.0 Å². The van der Waals surface area contributed by atoms with Crippen LogP contribution in [0.15, 0.2) is 12.1 Å². The van der Waals surface area contributed by atoms with Crippen LogP contribution >= 0.6 is 0 Å². The molecule has 1 rings (SSSR count). The number of halogens is 5. The van der Waals surface area contributed by atoms with Crippen molar-refractivity contribution in [2.75, 3.05) is 11.9 Å². The number of hydrogen-bond donors (Lipinski definition) is 2. The largest absolute Gasteiger partial charge is 0.478 e. The molecule has 0 fully saturated rings. The van der Waals surface area contributed by atoms with Crippen LogP contribution < -0.4 is 5.32 Å². The standard InChI is InChI=1S/C12H12F5NO2/c13-8-5-7(11(19)20)6-9(14)10(8)18-4-2-1-3-12(15,16)17/h5-6,18H,1-4H2,(H,19,20). The third-order valence-corrected chi connectivity index (χ3v) is 2.48. The van der Waals surface area contributed by atoms with E-state index in [1.54, 1.807) is 0 Å². The molecule has 0 spiro atoms. The van der Waals surface area contributed by atoms with Crippen LogP contribution in [0.3, 0.4) is 0 Å². The molecule has 0 heterocycles. The molecule has 2 N–H and O–H groups in total. The number of alkyl halides is 3. The van der Waals surface area contributed by atoms with Crippen molar-refractivity contribution < 1.29 is 31.9 Å². The van der Waals surface area contributed by atoms with Crippen molar-refractivity contribution in [2.45, 2.75) is 25.4 Å². The van der Waals surface area contributed by atoms with Crippen molar-refractivity contribution in [1.82, 2.24) is 0 Å². The van der Waals surface area contributed by atoms with Crippen LogP contribution in [0.5, 0.6) is 0 Å². The third-order valence-electron chi connectivity index (χ3n) is 2.48. The second-order valence-corrected chi connectivity index (χ2v) is 4.12. The minimum Gasteiger partial charge on any atom is -0.478 e. The van der Waals surface area contributed by atoms with Gasteiger partial charge in [-0.2, -0.15) is 13.2 Å². The molecule has 0 bridgehead atoms. The zero-order valence-electron chi connectivity index (χ0n) is 10.2. The zero-order chi connectivity index (χ0) is 15.3. The topological polar surface area (TPSA) is 49.3 Å². The van der Waals surface area contributed by atoms with Gasteiger partial charge in [0, 0.05) is 13.0 Å². The molecule has 3 nitrogen and oxygen atoms in total. The number of benzene rings is 1. The summed E-state index contributed by atoms with van der Waals surface area (Å²) >= 11 is 0. The first kappa shape index (κ1) is 16.2. The van der Waals surface area contributed by atoms with Crippen LogP contribution in [0.1, 0.15) is 29.6 Å². The molecule has 0 aliphatic rings. The molecule has 0 atom stereocenters. The number of aromatic carboxylic acids is 1. The van der Waals surface area contributed by atoms with Gasteiger partial charge in [-0.1, -0.05) is 0 Å². The summed E-state index contributed by atoms with van der Waals surface area (Å²) in [5.74, 6) is -3.67. The van der Waals surface area contributed by atoms with Gasteiger partial charge in [0.05, 0.1) is 5.56 Å². The maximum Gasteiger partial charge on any atom is 0.389 e. The Morgan fingerprint density at radius 2 is 1.70 bits per heavy atom. The number of carbonyl (C=O) groups is 1. The molecule has 8 heteroatoms. The summed E-state index contributed by atoms with van der Waals surface area (Å²) in [4.78, 5) is 10.5. The fraction of sp³-hybridized carbons (Fsp3) is 0.417. The minimum absolute atomic E-state index is 0.0453. The molecule has 0 radical (unpaired) electrons. The first-order valence-corrected chi connectivity index (χ1v) is 5.73. The molecular weight excluding hydrogens is 285 g/mol. The Kier molecular flexibility index (Phi) is 5.29. The van der Waals surface area contributed by atoms with Crippen molar-refractivity contribution in [3.8, 4) is 0 Å². The van der Waals surface area contributed by atoms with Crippen molar-refractivity contribution in [2.24, 2.45) is 0 Å². The second kappa shape index (κ2) is 6.53. The summed E-state index contributed by atoms with van der Waals surface area (Å²) in [6.07, 6.45) is -5.29. The van der Waals surface area contributed by atoms with Crippen molar-refractivity contribution >= 4 is 11.7 Å². The van der Waals surface area contributed by atoms with Gasteiger partial charge in [-0.25, -0.2) is 13.6 Å². The van der Waals surface area contributed by atoms with Gasteiger partial charge in [0.25, 0.3) is 0 Å². The van der Waals surface area contributed by atoms with E-state index < -0.39 is 41.5 Å². The number of carboxylic acid groups (broad SMARTS) is 1. The van der Waals surface area contributed by atoms with Crippen molar-refractivity contribution in [1.29, 1.82) is 0 Å². The maximum absolute atomic E-state index is 13.4. The molecule has 0 aliphatic carbocycles. The van der Waals surface area contributed by atoms with E-state index in [0.717, 1.165) is 0 Å². The Labute approximate surface area is 111 Å². The highest BCUT2D eigenvalue weighted by molar-refractivity contribution is 5.88. The van der Waals surface area contributed by atoms with Gasteiger partial charge in [0.2, 0.25) is 0 Å². The van der Waals surface area contributed by atoms with E-state index in [1.807, 2.05) is 0 Å². The van der Waals surface area contributed by atoms with E-state index in [4.69, 9.17) is 5.11 Å². The SMILES string of the molecule is O=C(O)c1cc(F)c(NCCCCC(F)(F)F)c(F)c1. The molecular formula is C12H12F5NO2. The van der Waals surface area contributed by atoms with Gasteiger partial charge < -0.3 is 10.4 Å². The lowest BCUT2D eigenvalue weighted by Crippen LogP contribution is -2.10. The molecule has 112 valence electrons. The number of carboxylic acids is 1. The number of unbranched alkanes of at least 4 members (excludes halogenated alkanes) is 1. The van der Waals surface area contributed by atoms with E-state index >= 15 is 0 Å². The van der Waals surface area contributed by atoms with Gasteiger partial charge >= 0.3 is 12.1 Å². The Bertz CT molecular complexity index is 464. The highest BCUT2D eigenvalue weighted by atomic mass is 19.4. The van der Waals surface area contributed by atoms with E-state index in [9.17, 15) is 26.7 Å². The average molecular weight is 297 g/mol. The molecule has 0 aromatic heterocycles. The molecule has 0 unspecified atom stereocenters. The summed E-state index contributed by atoms with van der Waals surface area (Å²) in [6, 6.07) is 1.28. The number of rotatable bonds is 6. The van der Waals surface area contributed by atoms with Gasteiger partial charge in [0.15, 0.2) is 0 Å². The highest BCUT2D eigenvalue weighted by Gasteiger charge is 2.25. The van der Waals surface area contributed by atoms with E-state index in [1.165, 1.54) is 0 Å². The molecule has 1 aromatic rings. The summed E-state index contributed by atoms with van der Waals surface area (Å²) in [5.41, 5.74) is -1.08. The summed E-state index contributed by atoms with van der Waals surface area (Å²) in [5, 5.41) is 10.9. The van der Waals surface area contributed by atoms with Crippen molar-refractivity contribution in [3.05, 3.63) is 29.3 Å². The van der Waals surface area contributed by atoms with Crippen LogP contribution in [0.25, 0.3) is 0 Å². The molecule has 0 amide bonds. The summed E-state index contributed by atoms with van der Waals surface area (Å²) in [6.45, 7) is -0.0453. The van der Waals surface area contributed by atoms with Crippen LogP contribution in [0.4, 0.5) is 27.6 Å². The number of nitrogens with one attached hydrogen (secondary N) is 1. The van der Waals surface area contributed by atoms with E-state index in [2.05, 4.69) is 5.32 Å². The van der Waals surface area contributed by atoms with Crippen molar-refractivity contribution in [3.63, 3.8) is 0 Å². The predicted molar refractivity (Wildman–Crippen MR) is 61.7 cm³/mol. The highest BCUT2D eigenvalue weighted by Crippen LogP contribution is 2.23. The smallest absolute Gasteiger partial charge is 0.389 e. The third kappa shape index (κ3) is 5.02. The second-order valence-electron chi connectivity index (χ2n) is 4.12. The summed E-state index contributed by atoms with van der Waals surface area (Å²) < 4.78 is 62.4. The minimum atomic E-state index is -4.25. The lowest BCUT2D eigenvalue weighted by Gasteiger charge is -2.10. The van der Waals surface area contributed by atoms with E-state index in [-0.39, 0.29) is 19.4 Å². The molecule has 1 aromatic carbocycles. The molecule has 20 heavy (non-hydrogen) atoms. The normalized spacial score (nSPS) is 11.4. The quantitative estimate of drug-likeness (QED) is 0.620.